The first kappa shape index (κ1) is 23.3. The average molecular weight is 427 g/mol. The van der Waals surface area contributed by atoms with Gasteiger partial charge in [-0.05, 0) is 62.7 Å². The molecule has 31 heavy (non-hydrogen) atoms. The van der Waals surface area contributed by atoms with E-state index in [0.717, 1.165) is 48.5 Å². The Labute approximate surface area is 185 Å². The SMILES string of the molecule is C=C(C)CCC(C(O)N1c2ccccc2OCCC1c1ccc(F)cc1)N(CC)CC. The van der Waals surface area contributed by atoms with Crippen molar-refractivity contribution in [3.63, 3.8) is 0 Å². The second kappa shape index (κ2) is 10.8. The van der Waals surface area contributed by atoms with Gasteiger partial charge in [0.25, 0.3) is 0 Å². The predicted molar refractivity (Wildman–Crippen MR) is 125 cm³/mol. The molecule has 1 aliphatic heterocycles. The number of aliphatic hydroxyl groups is 1. The zero-order chi connectivity index (χ0) is 22.4. The Kier molecular flexibility index (Phi) is 8.10. The Morgan fingerprint density at radius 1 is 1.19 bits per heavy atom. The molecule has 0 amide bonds. The van der Waals surface area contributed by atoms with Crippen molar-refractivity contribution in [3.05, 3.63) is 72.1 Å². The Bertz CT molecular complexity index is 851. The van der Waals surface area contributed by atoms with Gasteiger partial charge in [0.05, 0.1) is 24.4 Å². The van der Waals surface area contributed by atoms with Crippen LogP contribution < -0.4 is 9.64 Å². The number of likely N-dealkylation sites (N-methyl/N-ethyl adjacent to an activating group) is 1. The number of nitrogens with zero attached hydrogens (tertiary/aromatic N) is 2. The molecule has 4 nitrogen and oxygen atoms in total. The van der Waals surface area contributed by atoms with Crippen LogP contribution in [0.1, 0.15) is 51.6 Å². The van der Waals surface area contributed by atoms with E-state index in [1.165, 1.54) is 12.1 Å². The molecule has 0 aromatic heterocycles. The number of allylic oxidation sites excluding steroid dienone is 1. The maximum atomic E-state index is 13.6. The minimum Gasteiger partial charge on any atom is -0.491 e. The Morgan fingerprint density at radius 2 is 1.87 bits per heavy atom. The highest BCUT2D eigenvalue weighted by Crippen LogP contribution is 2.41. The number of fused-ring (bicyclic) bond motifs is 1. The zero-order valence-corrected chi connectivity index (χ0v) is 18.9. The molecule has 0 radical (unpaired) electrons. The summed E-state index contributed by atoms with van der Waals surface area (Å²) in [4.78, 5) is 4.39. The van der Waals surface area contributed by atoms with E-state index in [4.69, 9.17) is 4.74 Å². The standard InChI is InChI=1S/C26H35FN2O2/c1-5-28(6-2)24(16-11-19(3)4)26(30)29-22(20-12-14-21(27)15-13-20)17-18-31-25-10-8-7-9-23(25)29/h7-10,12-15,22,24,26,30H,3,5-6,11,16-18H2,1-2,4H3. The van der Waals surface area contributed by atoms with Crippen LogP contribution in [-0.4, -0.2) is 42.0 Å². The zero-order valence-electron chi connectivity index (χ0n) is 18.9. The van der Waals surface area contributed by atoms with E-state index in [2.05, 4.69) is 30.2 Å². The van der Waals surface area contributed by atoms with Crippen LogP contribution in [0, 0.1) is 5.82 Å². The summed E-state index contributed by atoms with van der Waals surface area (Å²) in [7, 11) is 0. The fraction of sp³-hybridized carbons (Fsp3) is 0.462. The van der Waals surface area contributed by atoms with Gasteiger partial charge in [0.2, 0.25) is 0 Å². The average Bonchev–Trinajstić information content (AvgIpc) is 2.96. The summed E-state index contributed by atoms with van der Waals surface area (Å²) in [6.07, 6.45) is 1.61. The van der Waals surface area contributed by atoms with Crippen LogP contribution in [0.2, 0.25) is 0 Å². The van der Waals surface area contributed by atoms with Crippen LogP contribution in [0.15, 0.2) is 60.7 Å². The molecule has 0 saturated heterocycles. The molecule has 3 rings (SSSR count). The lowest BCUT2D eigenvalue weighted by molar-refractivity contribution is 0.0409. The minimum atomic E-state index is -0.753. The maximum Gasteiger partial charge on any atom is 0.143 e. The molecule has 3 unspecified atom stereocenters. The van der Waals surface area contributed by atoms with Crippen LogP contribution in [0.3, 0.4) is 0 Å². The topological polar surface area (TPSA) is 35.9 Å². The van der Waals surface area contributed by atoms with Crippen LogP contribution >= 0.6 is 0 Å². The van der Waals surface area contributed by atoms with Crippen LogP contribution in [0.4, 0.5) is 10.1 Å². The fourth-order valence-electron chi connectivity index (χ4n) is 4.51. The molecule has 0 fully saturated rings. The van der Waals surface area contributed by atoms with Crippen molar-refractivity contribution >= 4 is 5.69 Å². The molecule has 2 aromatic rings. The lowest BCUT2D eigenvalue weighted by Crippen LogP contribution is -2.53. The number of para-hydroxylation sites is 2. The number of benzene rings is 2. The summed E-state index contributed by atoms with van der Waals surface area (Å²) in [5.41, 5.74) is 2.95. The summed E-state index contributed by atoms with van der Waals surface area (Å²) in [5.74, 6) is 0.507. The highest BCUT2D eigenvalue weighted by atomic mass is 19.1. The summed E-state index contributed by atoms with van der Waals surface area (Å²) < 4.78 is 19.7. The molecule has 0 saturated carbocycles. The largest absolute Gasteiger partial charge is 0.491 e. The third-order valence-electron chi connectivity index (χ3n) is 6.16. The molecule has 0 spiro atoms. The molecular formula is C26H35FN2O2. The summed E-state index contributed by atoms with van der Waals surface area (Å²) >= 11 is 0. The van der Waals surface area contributed by atoms with E-state index in [1.54, 1.807) is 0 Å². The van der Waals surface area contributed by atoms with Gasteiger partial charge in [-0.15, -0.1) is 6.58 Å². The van der Waals surface area contributed by atoms with Gasteiger partial charge in [0.1, 0.15) is 17.8 Å². The predicted octanol–water partition coefficient (Wildman–Crippen LogP) is 5.54. The first-order valence-corrected chi connectivity index (χ1v) is 11.3. The van der Waals surface area contributed by atoms with E-state index in [9.17, 15) is 9.50 Å². The van der Waals surface area contributed by atoms with Gasteiger partial charge in [-0.3, -0.25) is 4.90 Å². The molecule has 5 heteroatoms. The molecule has 1 aliphatic rings. The van der Waals surface area contributed by atoms with Crippen molar-refractivity contribution in [2.75, 3.05) is 24.6 Å². The highest BCUT2D eigenvalue weighted by Gasteiger charge is 2.36. The summed E-state index contributed by atoms with van der Waals surface area (Å²) in [6, 6.07) is 14.3. The Balaban J connectivity index is 2.06. The van der Waals surface area contributed by atoms with Crippen molar-refractivity contribution in [1.82, 2.24) is 4.90 Å². The minimum absolute atomic E-state index is 0.0687. The van der Waals surface area contributed by atoms with E-state index in [-0.39, 0.29) is 17.9 Å². The number of anilines is 1. The molecule has 0 bridgehead atoms. The fourth-order valence-corrected chi connectivity index (χ4v) is 4.51. The van der Waals surface area contributed by atoms with E-state index in [1.807, 2.05) is 43.3 Å². The number of halogens is 1. The maximum absolute atomic E-state index is 13.6. The van der Waals surface area contributed by atoms with E-state index < -0.39 is 6.23 Å². The van der Waals surface area contributed by atoms with Gasteiger partial charge >= 0.3 is 0 Å². The number of hydrogen-bond donors (Lipinski definition) is 1. The molecule has 2 aromatic carbocycles. The molecule has 1 heterocycles. The Hall–Kier alpha value is -2.37. The lowest BCUT2D eigenvalue weighted by atomic mass is 9.97. The molecular weight excluding hydrogens is 391 g/mol. The summed E-state index contributed by atoms with van der Waals surface area (Å²) in [5, 5.41) is 11.9. The van der Waals surface area contributed by atoms with Crippen LogP contribution in [0.5, 0.6) is 5.75 Å². The summed E-state index contributed by atoms with van der Waals surface area (Å²) in [6.45, 7) is 12.6. The first-order chi connectivity index (χ1) is 15.0. The van der Waals surface area contributed by atoms with Crippen LogP contribution in [0.25, 0.3) is 0 Å². The monoisotopic (exact) mass is 426 g/mol. The van der Waals surface area contributed by atoms with Gasteiger partial charge < -0.3 is 14.7 Å². The smallest absolute Gasteiger partial charge is 0.143 e. The van der Waals surface area contributed by atoms with Crippen molar-refractivity contribution in [2.45, 2.75) is 58.3 Å². The molecule has 0 aliphatic carbocycles. The number of rotatable bonds is 9. The first-order valence-electron chi connectivity index (χ1n) is 11.3. The molecule has 3 atom stereocenters. The third-order valence-corrected chi connectivity index (χ3v) is 6.16. The lowest BCUT2D eigenvalue weighted by Gasteiger charge is -2.43. The number of hydrogen-bond acceptors (Lipinski definition) is 4. The van der Waals surface area contributed by atoms with Crippen molar-refractivity contribution in [1.29, 1.82) is 0 Å². The number of ether oxygens (including phenoxy) is 1. The second-order valence-electron chi connectivity index (χ2n) is 8.28. The van der Waals surface area contributed by atoms with Crippen molar-refractivity contribution in [3.8, 4) is 5.75 Å². The molecule has 168 valence electrons. The van der Waals surface area contributed by atoms with E-state index >= 15 is 0 Å². The van der Waals surface area contributed by atoms with Gasteiger partial charge in [0.15, 0.2) is 0 Å². The molecule has 1 N–H and O–H groups in total. The normalized spacial score (nSPS) is 18.1. The van der Waals surface area contributed by atoms with Gasteiger partial charge in [0, 0.05) is 6.42 Å². The quantitative estimate of drug-likeness (QED) is 0.534. The van der Waals surface area contributed by atoms with Gasteiger partial charge in [-0.2, -0.15) is 0 Å². The van der Waals surface area contributed by atoms with Gasteiger partial charge in [-0.25, -0.2) is 4.39 Å². The third kappa shape index (κ3) is 5.46. The highest BCUT2D eigenvalue weighted by molar-refractivity contribution is 5.61. The number of aliphatic hydroxyl groups excluding tert-OH is 1. The Morgan fingerprint density at radius 3 is 2.52 bits per heavy atom. The van der Waals surface area contributed by atoms with E-state index in [0.29, 0.717) is 13.0 Å². The van der Waals surface area contributed by atoms with Crippen molar-refractivity contribution in [2.24, 2.45) is 0 Å². The van der Waals surface area contributed by atoms with Crippen LogP contribution in [-0.2, 0) is 0 Å². The second-order valence-corrected chi connectivity index (χ2v) is 8.28. The van der Waals surface area contributed by atoms with Crippen molar-refractivity contribution < 1.29 is 14.2 Å². The van der Waals surface area contributed by atoms with Gasteiger partial charge in [-0.1, -0.05) is 43.7 Å².